The molecule has 0 saturated heterocycles. The van der Waals surface area contributed by atoms with Gasteiger partial charge in [0.1, 0.15) is 0 Å². The summed E-state index contributed by atoms with van der Waals surface area (Å²) >= 11 is 0. The average molecular weight is 553 g/mol. The van der Waals surface area contributed by atoms with E-state index in [4.69, 9.17) is 0 Å². The molecule has 5 rings (SSSR count). The lowest BCUT2D eigenvalue weighted by Crippen LogP contribution is -2.20. The molecule has 0 aromatic heterocycles. The minimum atomic E-state index is 0.812. The number of nitrogens with zero attached hydrogens (tertiary/aromatic N) is 2. The highest BCUT2D eigenvalue weighted by atomic mass is 15.1. The van der Waals surface area contributed by atoms with Crippen molar-refractivity contribution in [1.82, 2.24) is 0 Å². The fourth-order valence-corrected chi connectivity index (χ4v) is 5.76. The van der Waals surface area contributed by atoms with Crippen molar-refractivity contribution in [2.24, 2.45) is 0 Å². The van der Waals surface area contributed by atoms with Crippen LogP contribution in [0.3, 0.4) is 0 Å². The van der Waals surface area contributed by atoms with Crippen LogP contribution in [0.4, 0.5) is 22.7 Å². The van der Waals surface area contributed by atoms with Gasteiger partial charge in [-0.3, -0.25) is 0 Å². The van der Waals surface area contributed by atoms with Crippen LogP contribution in [0.1, 0.15) is 55.6 Å². The highest BCUT2D eigenvalue weighted by molar-refractivity contribution is 5.71. The largest absolute Gasteiger partial charge is 0.337 e. The fraction of sp³-hybridized carbons (Fsp3) is 0.250. The smallest absolute Gasteiger partial charge is 0.0481 e. The monoisotopic (exact) mass is 552 g/mol. The summed E-state index contributed by atoms with van der Waals surface area (Å²) in [6.07, 6.45) is 0. The Labute approximate surface area is 253 Å². The minimum Gasteiger partial charge on any atom is -0.337 e. The molecule has 0 radical (unpaired) electrons. The second-order valence-corrected chi connectivity index (χ2v) is 12.1. The molecule has 0 N–H and O–H groups in total. The Balaban J connectivity index is 1.50. The molecular weight excluding hydrogens is 508 g/mol. The normalized spacial score (nSPS) is 11.0. The standard InChI is InChI=1S/C40H44N2/c1-27-9-13-31(5)37(21-27)41(38-22-28(2)10-14-32(38)6)25-35-17-19-36(20-18-35)26-42(39-23-29(3)11-15-33(39)7)40-24-30(4)12-16-34(40)8/h9-24H,25-26H2,1-8H3. The first-order chi connectivity index (χ1) is 20.1. The van der Waals surface area contributed by atoms with E-state index in [-0.39, 0.29) is 0 Å². The first kappa shape index (κ1) is 29.2. The maximum Gasteiger partial charge on any atom is 0.0481 e. The Hall–Kier alpha value is -4.30. The quantitative estimate of drug-likeness (QED) is 0.189. The van der Waals surface area contributed by atoms with Gasteiger partial charge in [-0.15, -0.1) is 0 Å². The van der Waals surface area contributed by atoms with Gasteiger partial charge < -0.3 is 9.80 Å². The number of aryl methyl sites for hydroxylation is 8. The molecule has 5 aromatic carbocycles. The molecule has 2 nitrogen and oxygen atoms in total. The van der Waals surface area contributed by atoms with Crippen LogP contribution in [0, 0.1) is 55.4 Å². The van der Waals surface area contributed by atoms with Crippen LogP contribution in [0.25, 0.3) is 0 Å². The second-order valence-electron chi connectivity index (χ2n) is 12.1. The predicted octanol–water partition coefficient (Wildman–Crippen LogP) is 10.8. The summed E-state index contributed by atoms with van der Waals surface area (Å²) in [6.45, 7) is 19.2. The summed E-state index contributed by atoms with van der Waals surface area (Å²) in [5.41, 5.74) is 17.9. The van der Waals surface area contributed by atoms with Crippen molar-refractivity contribution >= 4 is 22.7 Å². The molecular formula is C40H44N2. The van der Waals surface area contributed by atoms with Gasteiger partial charge >= 0.3 is 0 Å². The Morgan fingerprint density at radius 3 is 0.810 bits per heavy atom. The summed E-state index contributed by atoms with van der Waals surface area (Å²) in [4.78, 5) is 4.97. The SMILES string of the molecule is Cc1ccc(C)c(N(Cc2ccc(CN(c3cc(C)ccc3C)c3cc(C)ccc3C)cc2)c2cc(C)ccc2C)c1. The van der Waals surface area contributed by atoms with Gasteiger partial charge in [-0.25, -0.2) is 0 Å². The lowest BCUT2D eigenvalue weighted by atomic mass is 10.0. The Kier molecular flexibility index (Phi) is 8.54. The van der Waals surface area contributed by atoms with E-state index in [0.717, 1.165) is 13.1 Å². The zero-order valence-corrected chi connectivity index (χ0v) is 26.5. The van der Waals surface area contributed by atoms with E-state index in [1.807, 2.05) is 0 Å². The minimum absolute atomic E-state index is 0.812. The van der Waals surface area contributed by atoms with Crippen LogP contribution >= 0.6 is 0 Å². The summed E-state index contributed by atoms with van der Waals surface area (Å²) < 4.78 is 0. The topological polar surface area (TPSA) is 6.48 Å². The third-order valence-corrected chi connectivity index (χ3v) is 8.33. The van der Waals surface area contributed by atoms with Crippen molar-refractivity contribution in [2.75, 3.05) is 9.80 Å². The van der Waals surface area contributed by atoms with Crippen LogP contribution in [-0.4, -0.2) is 0 Å². The van der Waals surface area contributed by atoms with Gasteiger partial charge in [0.15, 0.2) is 0 Å². The van der Waals surface area contributed by atoms with E-state index in [1.165, 1.54) is 78.4 Å². The molecule has 214 valence electrons. The van der Waals surface area contributed by atoms with Gasteiger partial charge in [-0.1, -0.05) is 72.8 Å². The molecule has 0 aliphatic carbocycles. The molecule has 42 heavy (non-hydrogen) atoms. The highest BCUT2D eigenvalue weighted by Crippen LogP contribution is 2.36. The molecule has 0 bridgehead atoms. The number of hydrogen-bond donors (Lipinski definition) is 0. The van der Waals surface area contributed by atoms with Gasteiger partial charge in [0.05, 0.1) is 0 Å². The molecule has 0 saturated carbocycles. The van der Waals surface area contributed by atoms with E-state index in [9.17, 15) is 0 Å². The molecule has 0 aliphatic heterocycles. The Bertz CT molecular complexity index is 1480. The van der Waals surface area contributed by atoms with Crippen LogP contribution in [0.5, 0.6) is 0 Å². The summed E-state index contributed by atoms with van der Waals surface area (Å²) in [7, 11) is 0. The van der Waals surface area contributed by atoms with E-state index >= 15 is 0 Å². The highest BCUT2D eigenvalue weighted by Gasteiger charge is 2.18. The molecule has 0 amide bonds. The maximum absolute atomic E-state index is 2.48. The van der Waals surface area contributed by atoms with Gasteiger partial charge in [0.2, 0.25) is 0 Å². The molecule has 0 spiro atoms. The molecule has 5 aromatic rings. The Morgan fingerprint density at radius 1 is 0.333 bits per heavy atom. The van der Waals surface area contributed by atoms with Crippen molar-refractivity contribution in [3.05, 3.63) is 153 Å². The summed E-state index contributed by atoms with van der Waals surface area (Å²) in [6, 6.07) is 36.3. The summed E-state index contributed by atoms with van der Waals surface area (Å²) in [5, 5.41) is 0. The molecule has 0 unspecified atom stereocenters. The van der Waals surface area contributed by atoms with Gasteiger partial charge in [-0.2, -0.15) is 0 Å². The third kappa shape index (κ3) is 6.44. The average Bonchev–Trinajstić information content (AvgIpc) is 2.97. The van der Waals surface area contributed by atoms with Gasteiger partial charge in [0, 0.05) is 35.8 Å². The molecule has 0 heterocycles. The fourth-order valence-electron chi connectivity index (χ4n) is 5.76. The van der Waals surface area contributed by atoms with Crippen molar-refractivity contribution in [1.29, 1.82) is 0 Å². The molecule has 2 heteroatoms. The molecule has 0 fully saturated rings. The lowest BCUT2D eigenvalue weighted by molar-refractivity contribution is 0.941. The maximum atomic E-state index is 2.48. The number of hydrogen-bond acceptors (Lipinski definition) is 2. The van der Waals surface area contributed by atoms with E-state index in [1.54, 1.807) is 0 Å². The van der Waals surface area contributed by atoms with Crippen LogP contribution in [-0.2, 0) is 13.1 Å². The first-order valence-corrected chi connectivity index (χ1v) is 15.0. The van der Waals surface area contributed by atoms with Gasteiger partial charge in [0.25, 0.3) is 0 Å². The van der Waals surface area contributed by atoms with Crippen molar-refractivity contribution in [2.45, 2.75) is 68.5 Å². The van der Waals surface area contributed by atoms with E-state index in [0.29, 0.717) is 0 Å². The number of rotatable bonds is 8. The number of benzene rings is 5. The van der Waals surface area contributed by atoms with Gasteiger partial charge in [-0.05, 0) is 135 Å². The van der Waals surface area contributed by atoms with E-state index < -0.39 is 0 Å². The Morgan fingerprint density at radius 2 is 0.571 bits per heavy atom. The van der Waals surface area contributed by atoms with Crippen molar-refractivity contribution in [3.8, 4) is 0 Å². The third-order valence-electron chi connectivity index (χ3n) is 8.33. The van der Waals surface area contributed by atoms with Crippen LogP contribution in [0.15, 0.2) is 97.1 Å². The van der Waals surface area contributed by atoms with E-state index in [2.05, 4.69) is 162 Å². The molecule has 0 aliphatic rings. The van der Waals surface area contributed by atoms with Crippen molar-refractivity contribution < 1.29 is 0 Å². The zero-order chi connectivity index (χ0) is 30.0. The lowest BCUT2D eigenvalue weighted by Gasteiger charge is -2.30. The van der Waals surface area contributed by atoms with Crippen LogP contribution in [0.2, 0.25) is 0 Å². The first-order valence-electron chi connectivity index (χ1n) is 15.0. The van der Waals surface area contributed by atoms with Crippen LogP contribution < -0.4 is 9.80 Å². The van der Waals surface area contributed by atoms with Crippen molar-refractivity contribution in [3.63, 3.8) is 0 Å². The predicted molar refractivity (Wildman–Crippen MR) is 182 cm³/mol. The second kappa shape index (κ2) is 12.3. The zero-order valence-electron chi connectivity index (χ0n) is 26.5. The number of anilines is 4. The summed E-state index contributed by atoms with van der Waals surface area (Å²) in [5.74, 6) is 0. The molecule has 0 atom stereocenters.